The Hall–Kier alpha value is -2.96. The number of carbonyl (C=O) groups excluding carboxylic acids is 1. The van der Waals surface area contributed by atoms with E-state index in [-0.39, 0.29) is 29.2 Å². The lowest BCUT2D eigenvalue weighted by Gasteiger charge is -2.22. The molecule has 3 heterocycles. The molecule has 2 aromatic heterocycles. The van der Waals surface area contributed by atoms with Gasteiger partial charge in [0, 0.05) is 33.4 Å². The molecule has 4 rings (SSSR count). The highest BCUT2D eigenvalue weighted by Crippen LogP contribution is 2.32. The van der Waals surface area contributed by atoms with Gasteiger partial charge < -0.3 is 24.4 Å². The van der Waals surface area contributed by atoms with Gasteiger partial charge in [0.15, 0.2) is 17.8 Å². The fourth-order valence-electron chi connectivity index (χ4n) is 4.16. The molecule has 1 N–H and O–H groups in total. The minimum atomic E-state index is -4.52. The van der Waals surface area contributed by atoms with Gasteiger partial charge in [0.25, 0.3) is 5.91 Å². The molecule has 1 unspecified atom stereocenters. The van der Waals surface area contributed by atoms with Crippen LogP contribution in [0.4, 0.5) is 19.0 Å². The molecule has 9 nitrogen and oxygen atoms in total. The number of hydrogen-bond acceptors (Lipinski definition) is 7. The number of ether oxygens (including phenoxy) is 3. The van der Waals surface area contributed by atoms with Crippen molar-refractivity contribution in [3.05, 3.63) is 35.7 Å². The Balaban J connectivity index is 1.60. The predicted molar refractivity (Wildman–Crippen MR) is 132 cm³/mol. The average molecular weight is 524 g/mol. The number of amides is 1. The van der Waals surface area contributed by atoms with E-state index in [1.807, 2.05) is 6.92 Å². The minimum absolute atomic E-state index is 0.0979. The lowest BCUT2D eigenvalue weighted by atomic mass is 10.2. The standard InChI is InChI=1S/C25H32F3N5O4/c1-3-35-14-11-32(2)24(34)20-16-30-23-22(29-10-6-13-37-21-7-4-5-12-36-21)31-18-15-17(25(26,27)28)8-9-19(18)33(20)23/h8-9,15-16,21H,3-7,10-14H2,1-2H3,(H,29,31). The second-order valence-electron chi connectivity index (χ2n) is 8.84. The lowest BCUT2D eigenvalue weighted by Crippen LogP contribution is -2.31. The number of nitrogens with one attached hydrogen (secondary N) is 1. The summed E-state index contributed by atoms with van der Waals surface area (Å²) in [5, 5.41) is 3.16. The molecule has 0 bridgehead atoms. The van der Waals surface area contributed by atoms with Crippen LogP contribution in [0.3, 0.4) is 0 Å². The summed E-state index contributed by atoms with van der Waals surface area (Å²) < 4.78 is 58.4. The minimum Gasteiger partial charge on any atom is -0.380 e. The summed E-state index contributed by atoms with van der Waals surface area (Å²) in [6.45, 7) is 4.73. The molecule has 1 saturated heterocycles. The molecule has 1 aliphatic heterocycles. The molecular weight excluding hydrogens is 491 g/mol. The van der Waals surface area contributed by atoms with E-state index >= 15 is 0 Å². The van der Waals surface area contributed by atoms with Gasteiger partial charge in [0.1, 0.15) is 5.69 Å². The van der Waals surface area contributed by atoms with E-state index in [0.29, 0.717) is 57.1 Å². The highest BCUT2D eigenvalue weighted by Gasteiger charge is 2.31. The second kappa shape index (κ2) is 12.1. The van der Waals surface area contributed by atoms with E-state index in [1.165, 1.54) is 17.2 Å². The maximum Gasteiger partial charge on any atom is 0.416 e. The molecule has 0 spiro atoms. The topological polar surface area (TPSA) is 90.2 Å². The average Bonchev–Trinajstić information content (AvgIpc) is 3.33. The Morgan fingerprint density at radius 3 is 2.86 bits per heavy atom. The normalized spacial score (nSPS) is 16.4. The molecule has 0 saturated carbocycles. The zero-order valence-electron chi connectivity index (χ0n) is 21.0. The van der Waals surface area contributed by atoms with Crippen LogP contribution in [-0.2, 0) is 20.4 Å². The van der Waals surface area contributed by atoms with Crippen molar-refractivity contribution in [3.63, 3.8) is 0 Å². The van der Waals surface area contributed by atoms with Crippen molar-refractivity contribution < 1.29 is 32.2 Å². The Labute approximate surface area is 212 Å². The summed E-state index contributed by atoms with van der Waals surface area (Å²) in [5.41, 5.74) is 0.207. The van der Waals surface area contributed by atoms with Crippen LogP contribution in [0.5, 0.6) is 0 Å². The van der Waals surface area contributed by atoms with Gasteiger partial charge in [-0.2, -0.15) is 13.2 Å². The summed E-state index contributed by atoms with van der Waals surface area (Å²) in [6.07, 6.45) is 0.307. The third kappa shape index (κ3) is 6.49. The molecule has 0 radical (unpaired) electrons. The number of imidazole rings is 1. The molecule has 1 aromatic carbocycles. The van der Waals surface area contributed by atoms with Crippen LogP contribution in [0.15, 0.2) is 24.4 Å². The fourth-order valence-corrected chi connectivity index (χ4v) is 4.16. The zero-order valence-corrected chi connectivity index (χ0v) is 21.0. The smallest absolute Gasteiger partial charge is 0.380 e. The van der Waals surface area contributed by atoms with Crippen molar-refractivity contribution in [1.82, 2.24) is 19.3 Å². The van der Waals surface area contributed by atoms with Crippen molar-refractivity contribution in [2.45, 2.75) is 45.1 Å². The molecule has 1 amide bonds. The zero-order chi connectivity index (χ0) is 26.4. The van der Waals surface area contributed by atoms with Crippen LogP contribution in [0.2, 0.25) is 0 Å². The summed E-state index contributed by atoms with van der Waals surface area (Å²) in [7, 11) is 1.64. The molecule has 37 heavy (non-hydrogen) atoms. The first-order valence-corrected chi connectivity index (χ1v) is 12.5. The van der Waals surface area contributed by atoms with Crippen molar-refractivity contribution in [2.24, 2.45) is 0 Å². The first-order chi connectivity index (χ1) is 17.8. The lowest BCUT2D eigenvalue weighted by molar-refractivity contribution is -0.162. The number of anilines is 1. The predicted octanol–water partition coefficient (Wildman–Crippen LogP) is 4.36. The van der Waals surface area contributed by atoms with Crippen molar-refractivity contribution in [1.29, 1.82) is 0 Å². The highest BCUT2D eigenvalue weighted by atomic mass is 19.4. The van der Waals surface area contributed by atoms with Crippen LogP contribution < -0.4 is 5.32 Å². The first kappa shape index (κ1) is 27.1. The van der Waals surface area contributed by atoms with E-state index in [2.05, 4.69) is 15.3 Å². The van der Waals surface area contributed by atoms with Crippen LogP contribution in [0.25, 0.3) is 16.7 Å². The Morgan fingerprint density at radius 2 is 2.14 bits per heavy atom. The Bertz CT molecular complexity index is 1210. The van der Waals surface area contributed by atoms with Crippen LogP contribution in [-0.4, -0.2) is 78.0 Å². The van der Waals surface area contributed by atoms with Gasteiger partial charge in [-0.25, -0.2) is 9.97 Å². The first-order valence-electron chi connectivity index (χ1n) is 12.5. The quantitative estimate of drug-likeness (QED) is 0.374. The summed E-state index contributed by atoms with van der Waals surface area (Å²) in [6, 6.07) is 3.28. The van der Waals surface area contributed by atoms with Crippen LogP contribution in [0.1, 0.15) is 48.7 Å². The number of likely N-dealkylation sites (N-methyl/N-ethyl adjacent to an activating group) is 1. The van der Waals surface area contributed by atoms with E-state index < -0.39 is 11.7 Å². The van der Waals surface area contributed by atoms with E-state index in [4.69, 9.17) is 14.2 Å². The largest absolute Gasteiger partial charge is 0.416 e. The molecule has 202 valence electrons. The number of rotatable bonds is 11. The highest BCUT2D eigenvalue weighted by molar-refractivity contribution is 5.96. The second-order valence-corrected chi connectivity index (χ2v) is 8.84. The van der Waals surface area contributed by atoms with Crippen molar-refractivity contribution in [3.8, 4) is 0 Å². The van der Waals surface area contributed by atoms with Gasteiger partial charge >= 0.3 is 6.18 Å². The summed E-state index contributed by atoms with van der Waals surface area (Å²) >= 11 is 0. The SMILES string of the molecule is CCOCCN(C)C(=O)c1cnc2c(NCCCOC3CCCCO3)nc3cc(C(F)(F)F)ccc3n12. The molecular formula is C25H32F3N5O4. The Morgan fingerprint density at radius 1 is 1.30 bits per heavy atom. The maximum absolute atomic E-state index is 13.4. The monoisotopic (exact) mass is 523 g/mol. The van der Waals surface area contributed by atoms with Crippen molar-refractivity contribution in [2.75, 3.05) is 51.9 Å². The van der Waals surface area contributed by atoms with Gasteiger partial charge in [0.2, 0.25) is 0 Å². The van der Waals surface area contributed by atoms with Crippen LogP contribution in [0, 0.1) is 0 Å². The molecule has 3 aromatic rings. The third-order valence-corrected chi connectivity index (χ3v) is 6.15. The van der Waals surface area contributed by atoms with Gasteiger partial charge in [-0.15, -0.1) is 0 Å². The van der Waals surface area contributed by atoms with E-state index in [0.717, 1.165) is 31.4 Å². The van der Waals surface area contributed by atoms with Crippen molar-refractivity contribution >= 4 is 28.4 Å². The molecule has 1 atom stereocenters. The maximum atomic E-state index is 13.4. The molecule has 1 fully saturated rings. The van der Waals surface area contributed by atoms with E-state index in [9.17, 15) is 18.0 Å². The number of benzene rings is 1. The number of fused-ring (bicyclic) bond motifs is 3. The molecule has 1 aliphatic rings. The number of hydrogen-bond donors (Lipinski definition) is 1. The number of nitrogens with zero attached hydrogens (tertiary/aromatic N) is 4. The number of aromatic nitrogens is 3. The molecule has 12 heteroatoms. The van der Waals surface area contributed by atoms with E-state index in [1.54, 1.807) is 11.4 Å². The van der Waals surface area contributed by atoms with Crippen LogP contribution >= 0.6 is 0 Å². The molecule has 0 aliphatic carbocycles. The van der Waals surface area contributed by atoms with Gasteiger partial charge in [-0.1, -0.05) is 0 Å². The fraction of sp³-hybridized carbons (Fsp3) is 0.560. The third-order valence-electron chi connectivity index (χ3n) is 6.15. The summed E-state index contributed by atoms with van der Waals surface area (Å²) in [4.78, 5) is 23.5. The summed E-state index contributed by atoms with van der Waals surface area (Å²) in [5.74, 6) is -0.0387. The van der Waals surface area contributed by atoms with Gasteiger partial charge in [-0.3, -0.25) is 9.20 Å². The number of carbonyl (C=O) groups is 1. The van der Waals surface area contributed by atoms with Gasteiger partial charge in [0.05, 0.1) is 36.0 Å². The van der Waals surface area contributed by atoms with Gasteiger partial charge in [-0.05, 0) is 50.8 Å². The Kier molecular flexibility index (Phi) is 8.83. The number of alkyl halides is 3. The number of halogens is 3.